The molecule has 0 saturated heterocycles. The van der Waals surface area contributed by atoms with Crippen molar-refractivity contribution >= 4 is 17.3 Å². The van der Waals surface area contributed by atoms with Crippen LogP contribution in [-0.4, -0.2) is 9.78 Å². The van der Waals surface area contributed by atoms with E-state index in [1.54, 1.807) is 18.2 Å². The minimum atomic E-state index is 0.403. The van der Waals surface area contributed by atoms with Gasteiger partial charge in [0.2, 0.25) is 0 Å². The molecule has 4 nitrogen and oxygen atoms in total. The van der Waals surface area contributed by atoms with E-state index in [2.05, 4.69) is 18.9 Å². The number of nitrogen functional groups attached to an aromatic ring is 1. The van der Waals surface area contributed by atoms with Gasteiger partial charge in [-0.25, -0.2) is 0 Å². The predicted octanol–water partition coefficient (Wildman–Crippen LogP) is 3.67. The first-order valence-electron chi connectivity index (χ1n) is 6.32. The minimum absolute atomic E-state index is 0.403. The van der Waals surface area contributed by atoms with Gasteiger partial charge in [-0.15, -0.1) is 0 Å². The van der Waals surface area contributed by atoms with E-state index in [0.29, 0.717) is 29.1 Å². The van der Waals surface area contributed by atoms with E-state index in [4.69, 9.17) is 22.1 Å². The van der Waals surface area contributed by atoms with Crippen LogP contribution in [0, 0.1) is 0 Å². The van der Waals surface area contributed by atoms with Crippen LogP contribution in [0.25, 0.3) is 0 Å². The lowest BCUT2D eigenvalue weighted by Crippen LogP contribution is -2.05. The van der Waals surface area contributed by atoms with Crippen molar-refractivity contribution in [1.82, 2.24) is 9.78 Å². The van der Waals surface area contributed by atoms with Gasteiger partial charge in [0.15, 0.2) is 0 Å². The molecule has 0 bridgehead atoms. The minimum Gasteiger partial charge on any atom is -0.487 e. The lowest BCUT2D eigenvalue weighted by Gasteiger charge is -2.08. The van der Waals surface area contributed by atoms with E-state index in [1.807, 2.05) is 16.9 Å². The summed E-state index contributed by atoms with van der Waals surface area (Å²) in [5.41, 5.74) is 7.09. The van der Waals surface area contributed by atoms with Gasteiger partial charge in [0.25, 0.3) is 0 Å². The average molecular weight is 280 g/mol. The summed E-state index contributed by atoms with van der Waals surface area (Å²) < 4.78 is 7.59. The molecule has 5 heteroatoms. The van der Waals surface area contributed by atoms with Gasteiger partial charge in [-0.3, -0.25) is 4.68 Å². The van der Waals surface area contributed by atoms with Crippen LogP contribution in [-0.2, 0) is 6.61 Å². The summed E-state index contributed by atoms with van der Waals surface area (Å²) in [7, 11) is 0. The van der Waals surface area contributed by atoms with Crippen molar-refractivity contribution in [2.24, 2.45) is 0 Å². The zero-order chi connectivity index (χ0) is 13.8. The Balaban J connectivity index is 1.98. The number of hydrogen-bond acceptors (Lipinski definition) is 3. The van der Waals surface area contributed by atoms with E-state index in [-0.39, 0.29) is 0 Å². The van der Waals surface area contributed by atoms with Crippen LogP contribution in [0.5, 0.6) is 5.75 Å². The number of hydrogen-bond donors (Lipinski definition) is 1. The van der Waals surface area contributed by atoms with E-state index < -0.39 is 0 Å². The Hall–Kier alpha value is -1.68. The third-order valence-electron chi connectivity index (χ3n) is 3.06. The van der Waals surface area contributed by atoms with Crippen molar-refractivity contribution in [3.05, 3.63) is 41.2 Å². The highest BCUT2D eigenvalue weighted by atomic mass is 35.5. The summed E-state index contributed by atoms with van der Waals surface area (Å²) in [6, 6.07) is 7.61. The molecule has 0 saturated carbocycles. The van der Waals surface area contributed by atoms with Crippen LogP contribution in [0.4, 0.5) is 5.69 Å². The Morgan fingerprint density at radius 1 is 1.42 bits per heavy atom. The van der Waals surface area contributed by atoms with Crippen LogP contribution in [0.2, 0.25) is 5.02 Å². The largest absolute Gasteiger partial charge is 0.487 e. The molecule has 1 unspecified atom stereocenters. The van der Waals surface area contributed by atoms with Crippen LogP contribution < -0.4 is 10.5 Å². The molecule has 2 N–H and O–H groups in total. The third kappa shape index (κ3) is 3.41. The van der Waals surface area contributed by atoms with Gasteiger partial charge in [0, 0.05) is 18.3 Å². The monoisotopic (exact) mass is 279 g/mol. The van der Waals surface area contributed by atoms with Crippen molar-refractivity contribution in [3.63, 3.8) is 0 Å². The second kappa shape index (κ2) is 5.97. The molecule has 102 valence electrons. The van der Waals surface area contributed by atoms with E-state index in [1.165, 1.54) is 0 Å². The summed E-state index contributed by atoms with van der Waals surface area (Å²) in [6.45, 7) is 4.69. The zero-order valence-corrected chi connectivity index (χ0v) is 11.9. The molecule has 0 aliphatic carbocycles. The highest BCUT2D eigenvalue weighted by molar-refractivity contribution is 6.33. The van der Waals surface area contributed by atoms with Gasteiger partial charge in [0.05, 0.1) is 16.4 Å². The summed E-state index contributed by atoms with van der Waals surface area (Å²) in [6.07, 6.45) is 3.03. The fourth-order valence-corrected chi connectivity index (χ4v) is 1.81. The lowest BCUT2D eigenvalue weighted by molar-refractivity contribution is 0.298. The van der Waals surface area contributed by atoms with Gasteiger partial charge < -0.3 is 10.5 Å². The highest BCUT2D eigenvalue weighted by Crippen LogP contribution is 2.24. The molecule has 0 fully saturated rings. The first-order chi connectivity index (χ1) is 9.10. The van der Waals surface area contributed by atoms with E-state index >= 15 is 0 Å². The van der Waals surface area contributed by atoms with E-state index in [0.717, 1.165) is 12.1 Å². The number of benzene rings is 1. The zero-order valence-electron chi connectivity index (χ0n) is 11.1. The Bertz CT molecular complexity index is 553. The standard InChI is InChI=1S/C14H18ClN3O/c1-3-10(2)18-7-6-11(17-18)9-19-12-4-5-14(16)13(15)8-12/h4-8,10H,3,9,16H2,1-2H3. The molecule has 1 aromatic heterocycles. The average Bonchev–Trinajstić information content (AvgIpc) is 2.88. The summed E-state index contributed by atoms with van der Waals surface area (Å²) in [4.78, 5) is 0. The molecule has 0 aliphatic rings. The van der Waals surface area contributed by atoms with E-state index in [9.17, 15) is 0 Å². The Morgan fingerprint density at radius 2 is 2.21 bits per heavy atom. The number of nitrogens with two attached hydrogens (primary N) is 1. The highest BCUT2D eigenvalue weighted by Gasteiger charge is 2.05. The maximum absolute atomic E-state index is 5.94. The van der Waals surface area contributed by atoms with Crippen LogP contribution >= 0.6 is 11.6 Å². The second-order valence-electron chi connectivity index (χ2n) is 4.52. The summed E-state index contributed by atoms with van der Waals surface area (Å²) in [5, 5.41) is 4.97. The van der Waals surface area contributed by atoms with Gasteiger partial charge in [-0.05, 0) is 31.5 Å². The summed E-state index contributed by atoms with van der Waals surface area (Å²) >= 11 is 5.94. The molecule has 0 aliphatic heterocycles. The van der Waals surface area contributed by atoms with Crippen LogP contribution in [0.15, 0.2) is 30.5 Å². The maximum Gasteiger partial charge on any atom is 0.132 e. The molecule has 2 aromatic rings. The number of ether oxygens (including phenoxy) is 1. The topological polar surface area (TPSA) is 53.1 Å². The second-order valence-corrected chi connectivity index (χ2v) is 4.92. The first-order valence-corrected chi connectivity index (χ1v) is 6.69. The Morgan fingerprint density at radius 3 is 2.89 bits per heavy atom. The molecule has 1 aromatic carbocycles. The van der Waals surface area contributed by atoms with Gasteiger partial charge in [0.1, 0.15) is 12.4 Å². The molecule has 0 spiro atoms. The predicted molar refractivity (Wildman–Crippen MR) is 77.4 cm³/mol. The summed E-state index contributed by atoms with van der Waals surface area (Å²) in [5.74, 6) is 0.692. The molecule has 0 amide bonds. The number of halogens is 1. The van der Waals surface area contributed by atoms with Crippen molar-refractivity contribution in [2.45, 2.75) is 32.9 Å². The Labute approximate surface area is 118 Å². The van der Waals surface area contributed by atoms with Crippen LogP contribution in [0.1, 0.15) is 32.0 Å². The fourth-order valence-electron chi connectivity index (χ4n) is 1.64. The first kappa shape index (κ1) is 13.7. The van der Waals surface area contributed by atoms with Gasteiger partial charge in [-0.2, -0.15) is 5.10 Å². The molecule has 19 heavy (non-hydrogen) atoms. The van der Waals surface area contributed by atoms with Crippen molar-refractivity contribution in [2.75, 3.05) is 5.73 Å². The number of nitrogens with zero attached hydrogens (tertiary/aromatic N) is 2. The van der Waals surface area contributed by atoms with Gasteiger partial charge in [-0.1, -0.05) is 18.5 Å². The smallest absolute Gasteiger partial charge is 0.132 e. The molecule has 1 heterocycles. The van der Waals surface area contributed by atoms with Crippen LogP contribution in [0.3, 0.4) is 0 Å². The van der Waals surface area contributed by atoms with Crippen molar-refractivity contribution < 1.29 is 4.74 Å². The maximum atomic E-state index is 5.94. The number of rotatable bonds is 5. The fraction of sp³-hybridized carbons (Fsp3) is 0.357. The van der Waals surface area contributed by atoms with Crippen molar-refractivity contribution in [1.29, 1.82) is 0 Å². The van der Waals surface area contributed by atoms with Crippen molar-refractivity contribution in [3.8, 4) is 5.75 Å². The van der Waals surface area contributed by atoms with Gasteiger partial charge >= 0.3 is 0 Å². The molecule has 0 radical (unpaired) electrons. The quantitative estimate of drug-likeness (QED) is 0.850. The SMILES string of the molecule is CCC(C)n1ccc(COc2ccc(N)c(Cl)c2)n1. The Kier molecular flexibility index (Phi) is 4.32. The molecular weight excluding hydrogens is 262 g/mol. The molecular formula is C14H18ClN3O. The third-order valence-corrected chi connectivity index (χ3v) is 3.39. The lowest BCUT2D eigenvalue weighted by atomic mass is 10.3. The molecule has 1 atom stereocenters. The molecule has 2 rings (SSSR count). The number of anilines is 1. The normalized spacial score (nSPS) is 12.4. The number of aromatic nitrogens is 2.